The molecule has 2 heterocycles. The number of hydrogen-bond acceptors (Lipinski definition) is 5. The second kappa shape index (κ2) is 8.99. The highest BCUT2D eigenvalue weighted by Crippen LogP contribution is 2.35. The van der Waals surface area contributed by atoms with Gasteiger partial charge < -0.3 is 5.32 Å². The Bertz CT molecular complexity index is 1550. The molecule has 4 aromatic rings. The first kappa shape index (κ1) is 22.8. The van der Waals surface area contributed by atoms with Gasteiger partial charge in [0, 0.05) is 6.42 Å². The van der Waals surface area contributed by atoms with Crippen LogP contribution < -0.4 is 21.9 Å². The molecule has 0 aliphatic carbocycles. The van der Waals surface area contributed by atoms with Gasteiger partial charge in [-0.25, -0.2) is 9.48 Å². The number of imide groups is 1. The Labute approximate surface area is 204 Å². The molecule has 36 heavy (non-hydrogen) atoms. The van der Waals surface area contributed by atoms with E-state index in [0.717, 1.165) is 4.68 Å². The summed E-state index contributed by atoms with van der Waals surface area (Å²) in [5.74, 6) is -1.36. The summed E-state index contributed by atoms with van der Waals surface area (Å²) in [6.45, 7) is -0.156. The molecule has 3 aromatic carbocycles. The van der Waals surface area contributed by atoms with Gasteiger partial charge >= 0.3 is 6.03 Å². The van der Waals surface area contributed by atoms with Crippen molar-refractivity contribution in [2.45, 2.75) is 18.5 Å². The number of nitrogens with one attached hydrogen (secondary N) is 3. The zero-order valence-corrected chi connectivity index (χ0v) is 18.9. The lowest BCUT2D eigenvalue weighted by atomic mass is 9.83. The predicted octanol–water partition coefficient (Wildman–Crippen LogP) is 1.61. The summed E-state index contributed by atoms with van der Waals surface area (Å²) in [6, 6.07) is 23.1. The maximum absolute atomic E-state index is 13.6. The van der Waals surface area contributed by atoms with E-state index in [9.17, 15) is 24.0 Å². The Morgan fingerprint density at radius 3 is 1.94 bits per heavy atom. The smallest absolute Gasteiger partial charge is 0.314 e. The van der Waals surface area contributed by atoms with E-state index < -0.39 is 34.5 Å². The molecule has 0 unspecified atom stereocenters. The van der Waals surface area contributed by atoms with Crippen LogP contribution in [0.1, 0.15) is 17.5 Å². The lowest BCUT2D eigenvalue weighted by Gasteiger charge is -2.27. The number of fused-ring (bicyclic) bond motifs is 1. The molecule has 1 saturated heterocycles. The fourth-order valence-corrected chi connectivity index (χ4v) is 4.36. The van der Waals surface area contributed by atoms with Crippen molar-refractivity contribution in [1.82, 2.24) is 25.5 Å². The summed E-state index contributed by atoms with van der Waals surface area (Å²) in [7, 11) is 0. The van der Waals surface area contributed by atoms with E-state index in [2.05, 4.69) is 15.8 Å². The zero-order valence-electron chi connectivity index (χ0n) is 18.9. The van der Waals surface area contributed by atoms with E-state index >= 15 is 0 Å². The minimum absolute atomic E-state index is 0.156. The summed E-state index contributed by atoms with van der Waals surface area (Å²) in [4.78, 5) is 64.2. The van der Waals surface area contributed by atoms with E-state index in [4.69, 9.17) is 0 Å². The highest BCUT2D eigenvalue weighted by Gasteiger charge is 2.54. The van der Waals surface area contributed by atoms with Crippen molar-refractivity contribution >= 4 is 28.6 Å². The average molecular weight is 483 g/mol. The molecular weight excluding hydrogens is 462 g/mol. The molecule has 0 spiro atoms. The fraction of sp³-hybridized carbons (Fsp3) is 0.115. The van der Waals surface area contributed by atoms with Gasteiger partial charge in [-0.3, -0.25) is 29.7 Å². The number of aryl methyl sites for hydroxylation is 1. The second-order valence-corrected chi connectivity index (χ2v) is 8.28. The highest BCUT2D eigenvalue weighted by atomic mass is 16.2. The summed E-state index contributed by atoms with van der Waals surface area (Å²) >= 11 is 0. The van der Waals surface area contributed by atoms with Gasteiger partial charge in [-0.05, 0) is 23.3 Å². The Balaban J connectivity index is 1.38. The van der Waals surface area contributed by atoms with Crippen LogP contribution in [0.2, 0.25) is 0 Å². The Morgan fingerprint density at radius 1 is 0.778 bits per heavy atom. The molecule has 180 valence electrons. The number of hydrazine groups is 1. The lowest BCUT2D eigenvalue weighted by Crippen LogP contribution is -2.49. The predicted molar refractivity (Wildman–Crippen MR) is 131 cm³/mol. The summed E-state index contributed by atoms with van der Waals surface area (Å²) < 4.78 is 1.04. The van der Waals surface area contributed by atoms with Crippen molar-refractivity contribution in [3.05, 3.63) is 117 Å². The second-order valence-electron chi connectivity index (χ2n) is 8.28. The average Bonchev–Trinajstić information content (AvgIpc) is 3.16. The lowest BCUT2D eigenvalue weighted by molar-refractivity contribution is -0.138. The number of carbonyl (C=O) groups excluding carboxylic acids is 3. The number of H-pyrrole nitrogens is 1. The van der Waals surface area contributed by atoms with Crippen molar-refractivity contribution < 1.29 is 14.4 Å². The Kier molecular flexibility index (Phi) is 5.69. The van der Waals surface area contributed by atoms with Crippen molar-refractivity contribution in [2.75, 3.05) is 0 Å². The maximum Gasteiger partial charge on any atom is 0.344 e. The number of urea groups is 1. The minimum atomic E-state index is -1.52. The van der Waals surface area contributed by atoms with Crippen LogP contribution in [0.15, 0.2) is 94.5 Å². The summed E-state index contributed by atoms with van der Waals surface area (Å²) in [6.07, 6.45) is -0.269. The van der Waals surface area contributed by atoms with Crippen LogP contribution in [0, 0.1) is 0 Å². The molecule has 1 aromatic heterocycles. The third kappa shape index (κ3) is 3.74. The molecule has 4 amide bonds. The number of carbonyl (C=O) groups is 3. The Hall–Kier alpha value is -4.99. The van der Waals surface area contributed by atoms with E-state index in [1.54, 1.807) is 72.8 Å². The molecule has 1 aliphatic heterocycles. The molecule has 10 heteroatoms. The van der Waals surface area contributed by atoms with Crippen LogP contribution >= 0.6 is 0 Å². The number of amides is 4. The van der Waals surface area contributed by atoms with Gasteiger partial charge in [0.1, 0.15) is 0 Å². The molecule has 0 atom stereocenters. The first-order valence-electron chi connectivity index (χ1n) is 11.2. The first-order valence-corrected chi connectivity index (χ1v) is 11.2. The molecule has 5 rings (SSSR count). The molecule has 3 N–H and O–H groups in total. The molecule has 0 radical (unpaired) electrons. The van der Waals surface area contributed by atoms with Crippen LogP contribution in [0.5, 0.6) is 0 Å². The quantitative estimate of drug-likeness (QED) is 0.358. The van der Waals surface area contributed by atoms with E-state index in [-0.39, 0.29) is 23.7 Å². The third-order valence-electron chi connectivity index (χ3n) is 6.12. The minimum Gasteiger partial charge on any atom is -0.314 e. The van der Waals surface area contributed by atoms with Crippen LogP contribution in [0.4, 0.5) is 4.79 Å². The number of benzene rings is 3. The van der Waals surface area contributed by atoms with E-state index in [1.807, 2.05) is 0 Å². The largest absolute Gasteiger partial charge is 0.344 e. The maximum atomic E-state index is 13.6. The van der Waals surface area contributed by atoms with Crippen LogP contribution in [0.3, 0.4) is 0 Å². The van der Waals surface area contributed by atoms with Crippen molar-refractivity contribution in [3.8, 4) is 0 Å². The SMILES string of the molecule is O=C(CCn1[nH]c(=O)c2ccccc2c1=O)NN1C(=O)NC(c2ccccc2)(c2ccccc2)C1=O. The molecule has 0 saturated carbocycles. The summed E-state index contributed by atoms with van der Waals surface area (Å²) in [5, 5.41) is 6.31. The normalized spacial score (nSPS) is 14.6. The van der Waals surface area contributed by atoms with Crippen molar-refractivity contribution in [2.24, 2.45) is 0 Å². The number of rotatable bonds is 6. The van der Waals surface area contributed by atoms with Gasteiger partial charge in [0.2, 0.25) is 5.91 Å². The van der Waals surface area contributed by atoms with Crippen molar-refractivity contribution in [1.29, 1.82) is 0 Å². The molecule has 1 aliphatic rings. The van der Waals surface area contributed by atoms with Crippen molar-refractivity contribution in [3.63, 3.8) is 0 Å². The van der Waals surface area contributed by atoms with E-state index in [0.29, 0.717) is 16.1 Å². The number of aromatic nitrogens is 2. The summed E-state index contributed by atoms with van der Waals surface area (Å²) in [5.41, 5.74) is 0.966. The van der Waals surface area contributed by atoms with Gasteiger partial charge in [-0.15, -0.1) is 0 Å². The zero-order chi connectivity index (χ0) is 25.3. The molecule has 1 fully saturated rings. The number of hydrogen-bond donors (Lipinski definition) is 3. The Morgan fingerprint density at radius 2 is 1.33 bits per heavy atom. The standard InChI is InChI=1S/C26H21N5O5/c32-21(15-16-30-23(34)20-14-8-7-13-19(20)22(33)29-30)28-31-24(35)26(27-25(31)36,17-9-3-1-4-10-17)18-11-5-2-6-12-18/h1-14H,15-16H2,(H,27,36)(H,28,32)(H,29,33). The molecule has 10 nitrogen and oxygen atoms in total. The van der Waals surface area contributed by atoms with Gasteiger partial charge in [0.05, 0.1) is 17.3 Å². The van der Waals surface area contributed by atoms with Crippen LogP contribution in [-0.4, -0.2) is 32.6 Å². The van der Waals surface area contributed by atoms with Gasteiger partial charge in [-0.2, -0.15) is 5.01 Å². The number of aromatic amines is 1. The van der Waals surface area contributed by atoms with E-state index in [1.165, 1.54) is 12.1 Å². The molecular formula is C26H21N5O5. The topological polar surface area (TPSA) is 133 Å². The van der Waals surface area contributed by atoms with Crippen LogP contribution in [0.25, 0.3) is 10.8 Å². The monoisotopic (exact) mass is 483 g/mol. The van der Waals surface area contributed by atoms with Gasteiger partial charge in [-0.1, -0.05) is 72.8 Å². The molecule has 0 bridgehead atoms. The first-order chi connectivity index (χ1) is 17.4. The number of nitrogens with zero attached hydrogens (tertiary/aromatic N) is 2. The van der Waals surface area contributed by atoms with Crippen LogP contribution in [-0.2, 0) is 21.7 Å². The highest BCUT2D eigenvalue weighted by molar-refractivity contribution is 6.10. The van der Waals surface area contributed by atoms with Gasteiger partial charge in [0.15, 0.2) is 5.54 Å². The van der Waals surface area contributed by atoms with Gasteiger partial charge in [0.25, 0.3) is 17.0 Å². The third-order valence-corrected chi connectivity index (χ3v) is 6.12. The fourth-order valence-electron chi connectivity index (χ4n) is 4.36.